The van der Waals surface area contributed by atoms with Gasteiger partial charge < -0.3 is 9.30 Å². The Labute approximate surface area is 263 Å². The van der Waals surface area contributed by atoms with Crippen molar-refractivity contribution < 1.29 is 30.2 Å². The summed E-state index contributed by atoms with van der Waals surface area (Å²) in [6, 6.07) is 33.6. The maximum Gasteiger partial charge on any atom is 2.00 e. The quantitative estimate of drug-likeness (QED) is 0.154. The number of benzene rings is 4. The molecule has 0 aliphatic rings. The van der Waals surface area contributed by atoms with Crippen LogP contribution < -0.4 is 4.74 Å². The number of pyridine rings is 1. The van der Waals surface area contributed by atoms with Gasteiger partial charge in [-0.05, 0) is 52.7 Å². The Morgan fingerprint density at radius 3 is 2.37 bits per heavy atom. The zero-order valence-corrected chi connectivity index (χ0v) is 25.9. The van der Waals surface area contributed by atoms with Crippen LogP contribution in [0.5, 0.6) is 11.5 Å². The molecule has 0 spiro atoms. The monoisotopic (exact) mass is 745 g/mol. The van der Waals surface area contributed by atoms with Crippen LogP contribution in [0.25, 0.3) is 44.4 Å². The molecule has 0 N–H and O–H groups in total. The van der Waals surface area contributed by atoms with Crippen LogP contribution in [-0.4, -0.2) is 19.3 Å². The first-order chi connectivity index (χ1) is 20.6. The van der Waals surface area contributed by atoms with Gasteiger partial charge in [-0.2, -0.15) is 17.2 Å². The van der Waals surface area contributed by atoms with E-state index in [2.05, 4.69) is 54.3 Å². The molecule has 0 aliphatic carbocycles. The van der Waals surface area contributed by atoms with Crippen molar-refractivity contribution in [2.45, 2.75) is 26.7 Å². The van der Waals surface area contributed by atoms with Gasteiger partial charge in [0.1, 0.15) is 11.6 Å². The van der Waals surface area contributed by atoms with Crippen molar-refractivity contribution in [3.63, 3.8) is 0 Å². The Morgan fingerprint density at radius 2 is 1.58 bits per heavy atom. The fourth-order valence-corrected chi connectivity index (χ4v) is 5.63. The number of ether oxygens (including phenoxy) is 1. The molecule has 3 heterocycles. The minimum absolute atomic E-state index is 0. The van der Waals surface area contributed by atoms with Crippen LogP contribution in [0.2, 0.25) is 0 Å². The molecule has 0 unspecified atom stereocenters. The average molecular weight is 746 g/mol. The number of rotatable bonds is 7. The normalized spacial score (nSPS) is 11.1. The molecule has 7 heteroatoms. The first kappa shape index (κ1) is 28.6. The number of fused-ring (bicyclic) bond motifs is 3. The van der Waals surface area contributed by atoms with Gasteiger partial charge in [-0.3, -0.25) is 4.68 Å². The van der Waals surface area contributed by atoms with Crippen LogP contribution >= 0.6 is 0 Å². The molecular weight excluding hydrogens is 718 g/mol. The predicted molar refractivity (Wildman–Crippen MR) is 164 cm³/mol. The summed E-state index contributed by atoms with van der Waals surface area (Å²) >= 11 is 0. The van der Waals surface area contributed by atoms with Gasteiger partial charge in [0.25, 0.3) is 0 Å². The molecular formula is C36H27FN4OPt. The number of nitrogens with zero attached hydrogens (tertiary/aromatic N) is 4. The van der Waals surface area contributed by atoms with Crippen molar-refractivity contribution in [1.82, 2.24) is 19.3 Å². The van der Waals surface area contributed by atoms with Crippen LogP contribution in [0, 0.1) is 17.9 Å². The van der Waals surface area contributed by atoms with E-state index >= 15 is 0 Å². The summed E-state index contributed by atoms with van der Waals surface area (Å²) in [6.07, 6.45) is 7.34. The molecule has 0 atom stereocenters. The summed E-state index contributed by atoms with van der Waals surface area (Å²) in [6.45, 7) is 4.36. The third-order valence-corrected chi connectivity index (χ3v) is 7.58. The molecule has 7 aromatic rings. The smallest absolute Gasteiger partial charge is 0.509 e. The maximum atomic E-state index is 14.2. The van der Waals surface area contributed by atoms with E-state index in [1.165, 1.54) is 35.0 Å². The Hall–Kier alpha value is -4.54. The Bertz CT molecular complexity index is 2060. The maximum absolute atomic E-state index is 14.2. The topological polar surface area (TPSA) is 44.9 Å². The summed E-state index contributed by atoms with van der Waals surface area (Å²) in [4.78, 5) is 4.43. The first-order valence-electron chi connectivity index (χ1n) is 14.1. The number of aromatic nitrogens is 4. The van der Waals surface area contributed by atoms with Gasteiger partial charge in [-0.1, -0.05) is 55.8 Å². The number of hydrogen-bond donors (Lipinski definition) is 0. The number of halogens is 1. The fraction of sp³-hybridized carbons (Fsp3) is 0.111. The van der Waals surface area contributed by atoms with E-state index in [4.69, 9.17) is 4.74 Å². The van der Waals surface area contributed by atoms with Crippen molar-refractivity contribution in [3.8, 4) is 34.1 Å². The summed E-state index contributed by atoms with van der Waals surface area (Å²) in [5, 5.41) is 6.66. The molecule has 0 saturated carbocycles. The second kappa shape index (κ2) is 12.0. The van der Waals surface area contributed by atoms with E-state index in [-0.39, 0.29) is 26.9 Å². The van der Waals surface area contributed by atoms with Crippen LogP contribution in [0.4, 0.5) is 4.39 Å². The molecule has 214 valence electrons. The second-order valence-corrected chi connectivity index (χ2v) is 10.1. The summed E-state index contributed by atoms with van der Waals surface area (Å²) in [7, 11) is 0. The number of para-hydroxylation sites is 1. The zero-order chi connectivity index (χ0) is 28.6. The largest absolute Gasteiger partial charge is 2.00 e. The molecule has 5 nitrogen and oxygen atoms in total. The van der Waals surface area contributed by atoms with Gasteiger partial charge in [0, 0.05) is 41.0 Å². The molecule has 43 heavy (non-hydrogen) atoms. The summed E-state index contributed by atoms with van der Waals surface area (Å²) in [5.41, 5.74) is 7.40. The van der Waals surface area contributed by atoms with Crippen LogP contribution in [0.15, 0.2) is 104 Å². The van der Waals surface area contributed by atoms with Crippen molar-refractivity contribution in [1.29, 1.82) is 0 Å². The van der Waals surface area contributed by atoms with Gasteiger partial charge in [0.05, 0.1) is 6.20 Å². The Morgan fingerprint density at radius 1 is 0.814 bits per heavy atom. The Balaban J connectivity index is 0.00000329. The Kier molecular flexibility index (Phi) is 7.96. The zero-order valence-electron chi connectivity index (χ0n) is 23.6. The minimum Gasteiger partial charge on any atom is -0.509 e. The van der Waals surface area contributed by atoms with E-state index < -0.39 is 0 Å². The molecule has 3 aromatic heterocycles. The minimum atomic E-state index is -0.351. The van der Waals surface area contributed by atoms with Crippen LogP contribution in [0.3, 0.4) is 0 Å². The molecule has 0 fully saturated rings. The third kappa shape index (κ3) is 5.28. The number of hydrogen-bond acceptors (Lipinski definition) is 3. The molecule has 0 aliphatic heterocycles. The molecule has 0 bridgehead atoms. The van der Waals surface area contributed by atoms with Gasteiger partial charge >= 0.3 is 21.1 Å². The van der Waals surface area contributed by atoms with Crippen molar-refractivity contribution in [2.24, 2.45) is 0 Å². The second-order valence-electron chi connectivity index (χ2n) is 10.1. The van der Waals surface area contributed by atoms with E-state index in [1.807, 2.05) is 76.2 Å². The molecule has 0 radical (unpaired) electrons. The van der Waals surface area contributed by atoms with Gasteiger partial charge in [-0.25, -0.2) is 9.37 Å². The van der Waals surface area contributed by atoms with E-state index in [1.54, 1.807) is 0 Å². The number of aryl methyl sites for hydroxylation is 2. The van der Waals surface area contributed by atoms with Crippen LogP contribution in [0.1, 0.15) is 25.0 Å². The predicted octanol–water partition coefficient (Wildman–Crippen LogP) is 8.69. The van der Waals surface area contributed by atoms with Crippen molar-refractivity contribution in [2.75, 3.05) is 0 Å². The first-order valence-corrected chi connectivity index (χ1v) is 14.1. The van der Waals surface area contributed by atoms with Gasteiger partial charge in [0.15, 0.2) is 0 Å². The van der Waals surface area contributed by atoms with Gasteiger partial charge in [0.2, 0.25) is 0 Å². The fourth-order valence-electron chi connectivity index (χ4n) is 5.63. The summed E-state index contributed by atoms with van der Waals surface area (Å²) in [5.74, 6) is 1.18. The summed E-state index contributed by atoms with van der Waals surface area (Å²) < 4.78 is 24.2. The van der Waals surface area contributed by atoms with Crippen molar-refractivity contribution in [3.05, 3.63) is 133 Å². The average Bonchev–Trinajstić information content (AvgIpc) is 3.64. The molecule has 7 rings (SSSR count). The van der Waals surface area contributed by atoms with E-state index in [9.17, 15) is 4.39 Å². The van der Waals surface area contributed by atoms with E-state index in [0.717, 1.165) is 45.9 Å². The van der Waals surface area contributed by atoms with Crippen molar-refractivity contribution >= 4 is 21.8 Å². The molecule has 4 aromatic carbocycles. The van der Waals surface area contributed by atoms with Crippen LogP contribution in [-0.2, 0) is 33.9 Å². The SMILES string of the molecule is CCc1cccc(CC)c1-c1cnn(-c2[c-]c(Oc3[c-]c4c(cc3)c3ccccc3n4-c3cc(F)ccn3)ccc2)c1.[Pt+2]. The standard InChI is InChI=1S/C36H27FN4O.Pt/c1-3-24-9-7-10-25(4-2)36(24)26-22-39-40(23-26)28-11-8-12-29(20-28)42-30-15-16-32-31-13-5-6-14-33(31)41(34(32)21-30)35-19-27(37)17-18-38-35;/h5-19,22-23H,3-4H2,1-2H3;/q-2;+2. The molecule has 0 amide bonds. The van der Waals surface area contributed by atoms with Gasteiger partial charge in [-0.15, -0.1) is 35.7 Å². The molecule has 0 saturated heterocycles. The third-order valence-electron chi connectivity index (χ3n) is 7.58. The van der Waals surface area contributed by atoms with E-state index in [0.29, 0.717) is 17.3 Å².